The first kappa shape index (κ1) is 93.7. The van der Waals surface area contributed by atoms with Crippen LogP contribution in [0, 0.1) is 0 Å². The number of hydrogen-bond donors (Lipinski definition) is 12. The molecule has 596 valence electrons. The highest BCUT2D eigenvalue weighted by Gasteiger charge is 2.54. The van der Waals surface area contributed by atoms with Crippen molar-refractivity contribution < 1.29 is 89.4 Å². The average molecular weight is 1450 g/mol. The predicted octanol–water partition coefficient (Wildman–Crippen LogP) is 14.2. The zero-order valence-corrected chi connectivity index (χ0v) is 63.8. The zero-order valence-electron chi connectivity index (χ0n) is 63.8. The molecule has 17 unspecified atom stereocenters. The third-order valence-corrected chi connectivity index (χ3v) is 20.6. The molecule has 1 amide bonds. The van der Waals surface area contributed by atoms with Crippen molar-refractivity contribution in [2.75, 3.05) is 26.4 Å². The molecule has 3 rings (SSSR count). The van der Waals surface area contributed by atoms with Crippen molar-refractivity contribution in [3.63, 3.8) is 0 Å². The average Bonchev–Trinajstić information content (AvgIpc) is 0.778. The van der Waals surface area contributed by atoms with E-state index in [1.54, 1.807) is 6.08 Å². The molecule has 0 aromatic carbocycles. The van der Waals surface area contributed by atoms with E-state index in [1.165, 1.54) is 231 Å². The van der Waals surface area contributed by atoms with Gasteiger partial charge in [0.25, 0.3) is 0 Å². The van der Waals surface area contributed by atoms with Crippen LogP contribution in [-0.2, 0) is 33.2 Å². The maximum Gasteiger partial charge on any atom is 0.220 e. The number of aliphatic hydroxyl groups is 11. The Morgan fingerprint density at radius 3 is 1.06 bits per heavy atom. The van der Waals surface area contributed by atoms with Gasteiger partial charge in [0, 0.05) is 6.42 Å². The van der Waals surface area contributed by atoms with Crippen molar-refractivity contribution in [3.05, 3.63) is 60.8 Å². The van der Waals surface area contributed by atoms with Gasteiger partial charge in [0.2, 0.25) is 5.91 Å². The molecule has 102 heavy (non-hydrogen) atoms. The van der Waals surface area contributed by atoms with E-state index in [9.17, 15) is 61.0 Å². The molecule has 0 bridgehead atoms. The van der Waals surface area contributed by atoms with Gasteiger partial charge in [0.05, 0.1) is 38.6 Å². The summed E-state index contributed by atoms with van der Waals surface area (Å²) >= 11 is 0. The van der Waals surface area contributed by atoms with Gasteiger partial charge in [-0.25, -0.2) is 0 Å². The molecule has 0 saturated carbocycles. The molecule has 17 atom stereocenters. The molecule has 3 fully saturated rings. The zero-order chi connectivity index (χ0) is 73.9. The van der Waals surface area contributed by atoms with Gasteiger partial charge in [-0.2, -0.15) is 0 Å². The highest BCUT2D eigenvalue weighted by atomic mass is 16.8. The summed E-state index contributed by atoms with van der Waals surface area (Å²) in [5.41, 5.74) is 0. The van der Waals surface area contributed by atoms with Crippen molar-refractivity contribution in [2.24, 2.45) is 0 Å². The Bertz CT molecular complexity index is 2080. The second-order valence-electron chi connectivity index (χ2n) is 29.6. The fourth-order valence-corrected chi connectivity index (χ4v) is 14.0. The van der Waals surface area contributed by atoms with Gasteiger partial charge in [-0.1, -0.05) is 325 Å². The van der Waals surface area contributed by atoms with Crippen LogP contribution in [0.1, 0.15) is 328 Å². The number of carbonyl (C=O) groups is 1. The molecule has 3 aliphatic heterocycles. The lowest BCUT2D eigenvalue weighted by Gasteiger charge is -2.48. The summed E-state index contributed by atoms with van der Waals surface area (Å²) in [4.78, 5) is 13.5. The summed E-state index contributed by atoms with van der Waals surface area (Å²) in [7, 11) is 0. The first-order chi connectivity index (χ1) is 49.8. The normalized spacial score (nSPS) is 26.5. The summed E-state index contributed by atoms with van der Waals surface area (Å²) in [5, 5.41) is 121. The van der Waals surface area contributed by atoms with Gasteiger partial charge >= 0.3 is 0 Å². The smallest absolute Gasteiger partial charge is 0.220 e. The number of ether oxygens (including phenoxy) is 6. The van der Waals surface area contributed by atoms with Crippen LogP contribution >= 0.6 is 0 Å². The number of rotatable bonds is 66. The highest BCUT2D eigenvalue weighted by molar-refractivity contribution is 5.76. The third-order valence-electron chi connectivity index (χ3n) is 20.6. The van der Waals surface area contributed by atoms with Crippen molar-refractivity contribution in [1.29, 1.82) is 0 Å². The number of aliphatic hydroxyl groups excluding tert-OH is 11. The van der Waals surface area contributed by atoms with Crippen molar-refractivity contribution in [3.8, 4) is 0 Å². The number of amides is 1. The van der Waals surface area contributed by atoms with Crippen molar-refractivity contribution >= 4 is 5.91 Å². The van der Waals surface area contributed by atoms with Crippen LogP contribution in [0.4, 0.5) is 0 Å². The van der Waals surface area contributed by atoms with Crippen LogP contribution in [0.25, 0.3) is 0 Å². The number of allylic oxidation sites excluding steroid dienone is 9. The molecule has 0 radical (unpaired) electrons. The minimum Gasteiger partial charge on any atom is -0.394 e. The van der Waals surface area contributed by atoms with E-state index in [1.807, 2.05) is 6.08 Å². The van der Waals surface area contributed by atoms with Crippen LogP contribution < -0.4 is 5.32 Å². The van der Waals surface area contributed by atoms with Crippen molar-refractivity contribution in [2.45, 2.75) is 433 Å². The molecule has 0 aromatic heterocycles. The SMILES string of the molecule is CC/C=C\C/C=C\C/C=C\C/C=C\CCCCCCCCCCCCCCCCCCCCCCCCCCC(=O)NC(COC1OC(CO)C(OC2OC(CO)C(OC3OC(CO)C(O)C(O)C3O)C(O)C2O)C(O)C1O)C(O)/C=C/CCCCCCCCCCCCCCCCCCCC. The summed E-state index contributed by atoms with van der Waals surface area (Å²) in [6.07, 6.45) is 55.0. The first-order valence-corrected chi connectivity index (χ1v) is 41.5. The van der Waals surface area contributed by atoms with E-state index in [4.69, 9.17) is 28.4 Å². The molecule has 0 aromatic rings. The fourth-order valence-electron chi connectivity index (χ4n) is 14.0. The molecule has 0 aliphatic carbocycles. The van der Waals surface area contributed by atoms with E-state index in [-0.39, 0.29) is 18.9 Å². The Balaban J connectivity index is 1.32. The Labute approximate surface area is 617 Å². The fraction of sp³-hybridized carbons (Fsp3) is 0.867. The van der Waals surface area contributed by atoms with E-state index < -0.39 is 124 Å². The molecule has 19 nitrogen and oxygen atoms in total. The first-order valence-electron chi connectivity index (χ1n) is 41.5. The minimum atomic E-state index is -1.98. The molecule has 12 N–H and O–H groups in total. The molecule has 3 aliphatic rings. The standard InChI is InChI=1S/C83H151NO18/c1-3-5-7-9-11-13-15-17-19-21-23-25-26-27-28-29-30-31-32-33-34-35-36-37-38-39-40-41-43-45-47-49-51-53-55-57-59-61-71(89)84-66(67(88)60-58-56-54-52-50-48-46-44-42-24-22-20-18-16-14-12-10-8-6-4-2)65-97-81-77(95)74(92)79(69(63-86)99-81)102-83-78(96)75(93)80(70(64-87)100-83)101-82-76(94)73(91)72(90)68(62-85)98-82/h5,7,11,13,17,19,23,25,58,60,66-70,72-83,85-88,90-96H,3-4,6,8-10,12,14-16,18,20-22,24,26-57,59,61-65H2,1-2H3,(H,84,89)/b7-5-,13-11-,19-17-,25-23-,60-58+. The molecule has 19 heteroatoms. The van der Waals surface area contributed by atoms with E-state index >= 15 is 0 Å². The Kier molecular flexibility index (Phi) is 58.3. The van der Waals surface area contributed by atoms with E-state index in [2.05, 4.69) is 67.8 Å². The van der Waals surface area contributed by atoms with Gasteiger partial charge in [-0.15, -0.1) is 0 Å². The second kappa shape index (κ2) is 63.4. The Morgan fingerprint density at radius 2 is 0.676 bits per heavy atom. The van der Waals surface area contributed by atoms with E-state index in [0.29, 0.717) is 6.42 Å². The number of unbranched alkanes of at least 4 members (excludes halogenated alkanes) is 42. The van der Waals surface area contributed by atoms with Crippen molar-refractivity contribution in [1.82, 2.24) is 5.32 Å². The lowest BCUT2D eigenvalue weighted by atomic mass is 9.96. The lowest BCUT2D eigenvalue weighted by Crippen LogP contribution is -2.66. The van der Waals surface area contributed by atoms with Gasteiger partial charge in [-0.3, -0.25) is 4.79 Å². The number of hydrogen-bond acceptors (Lipinski definition) is 18. The summed E-state index contributed by atoms with van der Waals surface area (Å²) in [6, 6.07) is -0.974. The van der Waals surface area contributed by atoms with Crippen LogP contribution in [0.5, 0.6) is 0 Å². The number of carbonyl (C=O) groups excluding carboxylic acids is 1. The van der Waals surface area contributed by atoms with E-state index in [0.717, 1.165) is 70.6 Å². The van der Waals surface area contributed by atoms with Gasteiger partial charge in [-0.05, 0) is 57.8 Å². The highest BCUT2D eigenvalue weighted by Crippen LogP contribution is 2.33. The quantitative estimate of drug-likeness (QED) is 0.0199. The molecular formula is C83H151NO18. The van der Waals surface area contributed by atoms with Crippen LogP contribution in [0.15, 0.2) is 60.8 Å². The molecular weight excluding hydrogens is 1300 g/mol. The predicted molar refractivity (Wildman–Crippen MR) is 406 cm³/mol. The third kappa shape index (κ3) is 42.9. The largest absolute Gasteiger partial charge is 0.394 e. The van der Waals surface area contributed by atoms with Gasteiger partial charge in [0.1, 0.15) is 73.2 Å². The number of nitrogens with one attached hydrogen (secondary N) is 1. The molecule has 3 saturated heterocycles. The summed E-state index contributed by atoms with van der Waals surface area (Å²) in [6.45, 7) is 1.67. The van der Waals surface area contributed by atoms with Crippen LogP contribution in [0.3, 0.4) is 0 Å². The Morgan fingerprint density at radius 1 is 0.363 bits per heavy atom. The van der Waals surface area contributed by atoms with Gasteiger partial charge in [0.15, 0.2) is 18.9 Å². The minimum absolute atomic E-state index is 0.246. The maximum absolute atomic E-state index is 13.5. The maximum atomic E-state index is 13.5. The topological polar surface area (TPSA) is 307 Å². The van der Waals surface area contributed by atoms with Crippen LogP contribution in [0.2, 0.25) is 0 Å². The lowest BCUT2D eigenvalue weighted by molar-refractivity contribution is -0.379. The van der Waals surface area contributed by atoms with Gasteiger partial charge < -0.3 is 89.9 Å². The van der Waals surface area contributed by atoms with Crippen LogP contribution in [-0.4, -0.2) is 193 Å². The summed E-state index contributed by atoms with van der Waals surface area (Å²) < 4.78 is 34.5. The summed E-state index contributed by atoms with van der Waals surface area (Å²) in [5.74, 6) is -0.270. The monoisotopic (exact) mass is 1450 g/mol. The second-order valence-corrected chi connectivity index (χ2v) is 29.6. The Hall–Kier alpha value is -2.51. The molecule has 3 heterocycles. The molecule has 0 spiro atoms.